The van der Waals surface area contributed by atoms with Gasteiger partial charge in [-0.25, -0.2) is 0 Å². The molecule has 1 aromatic rings. The van der Waals surface area contributed by atoms with Gasteiger partial charge in [-0.2, -0.15) is 11.3 Å². The Hall–Kier alpha value is -0.280. The van der Waals surface area contributed by atoms with E-state index >= 15 is 0 Å². The van der Waals surface area contributed by atoms with E-state index in [4.69, 9.17) is 0 Å². The predicted octanol–water partition coefficient (Wildman–Crippen LogP) is 2.17. The van der Waals surface area contributed by atoms with Crippen LogP contribution in [0.5, 0.6) is 0 Å². The maximum Gasteiger partial charge on any atom is 0.176 e. The Morgan fingerprint density at radius 1 is 1.78 bits per heavy atom. The first-order chi connectivity index (χ1) is 4.43. The van der Waals surface area contributed by atoms with Crippen LogP contribution in [-0.2, 0) is 10.5 Å². The van der Waals surface area contributed by atoms with Gasteiger partial charge in [-0.15, -0.1) is 0 Å². The Labute approximate surface area is 62.1 Å². The minimum atomic E-state index is 0.812. The number of carbonyl (C=O) groups is 1. The van der Waals surface area contributed by atoms with Gasteiger partial charge in [0.15, 0.2) is 5.62 Å². The average Bonchev–Trinajstić information content (AvgIpc) is 2.34. The zero-order valence-electron chi connectivity index (χ0n) is 4.74. The molecule has 0 fully saturated rings. The lowest BCUT2D eigenvalue weighted by Crippen LogP contribution is -1.71. The third kappa shape index (κ3) is 2.20. The second-order valence-electron chi connectivity index (χ2n) is 1.54. The Morgan fingerprint density at radius 2 is 2.67 bits per heavy atom. The van der Waals surface area contributed by atoms with Crippen molar-refractivity contribution < 1.29 is 4.79 Å². The molecular weight excluding hydrogens is 152 g/mol. The summed E-state index contributed by atoms with van der Waals surface area (Å²) in [5, 5.41) is 4.07. The van der Waals surface area contributed by atoms with Gasteiger partial charge in [0, 0.05) is 5.75 Å². The second-order valence-corrected chi connectivity index (χ2v) is 3.13. The maximum absolute atomic E-state index is 9.87. The summed E-state index contributed by atoms with van der Waals surface area (Å²) in [6, 6.07) is 2.03. The van der Waals surface area contributed by atoms with E-state index in [9.17, 15) is 4.79 Å². The van der Waals surface area contributed by atoms with Gasteiger partial charge >= 0.3 is 0 Å². The molecule has 0 aliphatic rings. The molecule has 0 bridgehead atoms. The quantitative estimate of drug-likeness (QED) is 0.627. The van der Waals surface area contributed by atoms with Gasteiger partial charge in [0.2, 0.25) is 0 Å². The predicted molar refractivity (Wildman–Crippen MR) is 42.4 cm³/mol. The first kappa shape index (κ1) is 6.83. The van der Waals surface area contributed by atoms with Gasteiger partial charge in [0.25, 0.3) is 0 Å². The summed E-state index contributed by atoms with van der Waals surface area (Å²) in [5.74, 6) is 0.812. The van der Waals surface area contributed by atoms with E-state index in [1.54, 1.807) is 11.3 Å². The van der Waals surface area contributed by atoms with Crippen molar-refractivity contribution in [2.75, 3.05) is 0 Å². The first-order valence-electron chi connectivity index (χ1n) is 2.50. The molecule has 1 aromatic heterocycles. The van der Waals surface area contributed by atoms with E-state index in [0.29, 0.717) is 0 Å². The smallest absolute Gasteiger partial charge is 0.176 e. The molecule has 0 unspecified atom stereocenters. The van der Waals surface area contributed by atoms with E-state index in [2.05, 4.69) is 5.38 Å². The zero-order chi connectivity index (χ0) is 6.53. The fourth-order valence-corrected chi connectivity index (χ4v) is 1.72. The van der Waals surface area contributed by atoms with E-state index in [0.717, 1.165) is 11.4 Å². The Morgan fingerprint density at radius 3 is 3.22 bits per heavy atom. The molecule has 0 saturated heterocycles. The normalized spacial score (nSPS) is 9.33. The average molecular weight is 158 g/mol. The number of rotatable bonds is 3. The highest BCUT2D eigenvalue weighted by Gasteiger charge is 1.89. The SMILES string of the molecule is O=CSCc1ccsc1. The highest BCUT2D eigenvalue weighted by molar-refractivity contribution is 8.11. The second kappa shape index (κ2) is 3.69. The molecule has 48 valence electrons. The number of thioether (sulfide) groups is 1. The molecule has 0 saturated carbocycles. The van der Waals surface area contributed by atoms with Crippen molar-refractivity contribution in [3.05, 3.63) is 22.4 Å². The highest BCUT2D eigenvalue weighted by atomic mass is 32.2. The Balaban J connectivity index is 2.38. The van der Waals surface area contributed by atoms with Gasteiger partial charge in [-0.1, -0.05) is 11.8 Å². The van der Waals surface area contributed by atoms with Crippen LogP contribution in [0.3, 0.4) is 0 Å². The molecule has 1 heterocycles. The lowest BCUT2D eigenvalue weighted by Gasteiger charge is -1.85. The van der Waals surface area contributed by atoms with Crippen LogP contribution in [0.4, 0.5) is 0 Å². The van der Waals surface area contributed by atoms with Crippen LogP contribution < -0.4 is 0 Å². The van der Waals surface area contributed by atoms with Crippen molar-refractivity contribution in [1.82, 2.24) is 0 Å². The van der Waals surface area contributed by atoms with Crippen molar-refractivity contribution in [2.45, 2.75) is 5.75 Å². The van der Waals surface area contributed by atoms with Gasteiger partial charge in [0.1, 0.15) is 0 Å². The van der Waals surface area contributed by atoms with E-state index in [-0.39, 0.29) is 0 Å². The molecule has 0 radical (unpaired) electrons. The van der Waals surface area contributed by atoms with Crippen molar-refractivity contribution in [2.24, 2.45) is 0 Å². The molecular formula is C6H6OS2. The van der Waals surface area contributed by atoms with Crippen LogP contribution in [0.15, 0.2) is 16.8 Å². The molecule has 9 heavy (non-hydrogen) atoms. The molecule has 0 amide bonds. The molecule has 1 rings (SSSR count). The number of hydrogen-bond acceptors (Lipinski definition) is 3. The largest absolute Gasteiger partial charge is 0.291 e. The lowest BCUT2D eigenvalue weighted by atomic mass is 10.4. The van der Waals surface area contributed by atoms with E-state index in [1.807, 2.05) is 11.4 Å². The number of hydrogen-bond donors (Lipinski definition) is 0. The van der Waals surface area contributed by atoms with Gasteiger partial charge in [-0.05, 0) is 22.4 Å². The van der Waals surface area contributed by atoms with Crippen LogP contribution in [0, 0.1) is 0 Å². The summed E-state index contributed by atoms with van der Waals surface area (Å²) in [5.41, 5.74) is 2.11. The van der Waals surface area contributed by atoms with Crippen molar-refractivity contribution in [3.8, 4) is 0 Å². The van der Waals surface area contributed by atoms with Crippen molar-refractivity contribution in [3.63, 3.8) is 0 Å². The van der Waals surface area contributed by atoms with Gasteiger partial charge in [-0.3, -0.25) is 4.79 Å². The fourth-order valence-electron chi connectivity index (χ4n) is 0.505. The zero-order valence-corrected chi connectivity index (χ0v) is 6.37. The fraction of sp³-hybridized carbons (Fsp3) is 0.167. The Kier molecular flexibility index (Phi) is 2.80. The van der Waals surface area contributed by atoms with Crippen molar-refractivity contribution >= 4 is 28.7 Å². The monoisotopic (exact) mass is 158 g/mol. The third-order valence-electron chi connectivity index (χ3n) is 0.898. The van der Waals surface area contributed by atoms with Gasteiger partial charge < -0.3 is 0 Å². The van der Waals surface area contributed by atoms with Crippen LogP contribution >= 0.6 is 23.1 Å². The van der Waals surface area contributed by atoms with E-state index < -0.39 is 0 Å². The summed E-state index contributed by atoms with van der Waals surface area (Å²) >= 11 is 2.95. The molecule has 0 aliphatic carbocycles. The molecule has 0 atom stereocenters. The number of carbonyl (C=O) groups excluding carboxylic acids is 1. The topological polar surface area (TPSA) is 17.1 Å². The summed E-state index contributed by atoms with van der Waals surface area (Å²) in [6.07, 6.45) is 0. The standard InChI is InChI=1S/C6H6OS2/c7-5-9-4-6-1-2-8-3-6/h1-3,5H,4H2. The van der Waals surface area contributed by atoms with E-state index in [1.165, 1.54) is 17.3 Å². The summed E-state index contributed by atoms with van der Waals surface area (Å²) in [6.45, 7) is 0. The Bertz CT molecular complexity index is 169. The van der Waals surface area contributed by atoms with Crippen LogP contribution in [0.25, 0.3) is 0 Å². The highest BCUT2D eigenvalue weighted by Crippen LogP contribution is 2.12. The summed E-state index contributed by atoms with van der Waals surface area (Å²) in [7, 11) is 0. The molecule has 0 spiro atoms. The molecule has 3 heteroatoms. The van der Waals surface area contributed by atoms with Crippen molar-refractivity contribution in [1.29, 1.82) is 0 Å². The maximum atomic E-state index is 9.87. The van der Waals surface area contributed by atoms with Crippen LogP contribution in [0.1, 0.15) is 5.56 Å². The summed E-state index contributed by atoms with van der Waals surface area (Å²) in [4.78, 5) is 9.87. The summed E-state index contributed by atoms with van der Waals surface area (Å²) < 4.78 is 0. The minimum absolute atomic E-state index is 0.812. The molecule has 0 aromatic carbocycles. The minimum Gasteiger partial charge on any atom is -0.291 e. The van der Waals surface area contributed by atoms with Crippen LogP contribution in [-0.4, -0.2) is 5.62 Å². The molecule has 0 N–H and O–H groups in total. The number of thiophene rings is 1. The molecule has 0 aliphatic heterocycles. The molecule has 1 nitrogen and oxygen atoms in total. The van der Waals surface area contributed by atoms with Gasteiger partial charge in [0.05, 0.1) is 0 Å². The lowest BCUT2D eigenvalue weighted by molar-refractivity contribution is 0.570. The first-order valence-corrected chi connectivity index (χ1v) is 4.49. The van der Waals surface area contributed by atoms with Crippen LogP contribution in [0.2, 0.25) is 0 Å². The third-order valence-corrected chi connectivity index (χ3v) is 2.27.